The van der Waals surface area contributed by atoms with Crippen molar-refractivity contribution in [2.45, 2.75) is 25.4 Å². The second-order valence-corrected chi connectivity index (χ2v) is 5.65. The maximum atomic E-state index is 12.3. The molecule has 1 aliphatic heterocycles. The highest BCUT2D eigenvalue weighted by Crippen LogP contribution is 2.17. The van der Waals surface area contributed by atoms with Crippen molar-refractivity contribution >= 4 is 5.91 Å². The highest BCUT2D eigenvalue weighted by Gasteiger charge is 2.30. The number of carbonyl (C=O) groups excluding carboxylic acids is 1. The Bertz CT molecular complexity index is 598. The highest BCUT2D eigenvalue weighted by molar-refractivity contribution is 5.81. The number of hydrogen-bond donors (Lipinski definition) is 1. The van der Waals surface area contributed by atoms with Gasteiger partial charge in [-0.25, -0.2) is 0 Å². The first-order valence-corrected chi connectivity index (χ1v) is 8.05. The van der Waals surface area contributed by atoms with Gasteiger partial charge in [-0.15, -0.1) is 0 Å². The summed E-state index contributed by atoms with van der Waals surface area (Å²) in [5.74, 6) is 1.71. The van der Waals surface area contributed by atoms with Crippen molar-refractivity contribution in [2.75, 3.05) is 19.7 Å². The van der Waals surface area contributed by atoms with Crippen LogP contribution in [0.1, 0.15) is 18.6 Å². The van der Waals surface area contributed by atoms with Crippen LogP contribution in [0.4, 0.5) is 0 Å². The van der Waals surface area contributed by atoms with Gasteiger partial charge in [0.1, 0.15) is 18.1 Å². The first-order chi connectivity index (χ1) is 11.3. The number of nitrogens with one attached hydrogen (secondary N) is 1. The average Bonchev–Trinajstić information content (AvgIpc) is 3.25. The van der Waals surface area contributed by atoms with E-state index in [2.05, 4.69) is 10.2 Å². The number of carbonyl (C=O) groups is 1. The molecule has 0 aliphatic carbocycles. The number of nitrogens with zero attached hydrogens (tertiary/aromatic N) is 1. The lowest BCUT2D eigenvalue weighted by molar-refractivity contribution is -0.125. The van der Waals surface area contributed by atoms with E-state index >= 15 is 0 Å². The van der Waals surface area contributed by atoms with Gasteiger partial charge in [-0.05, 0) is 43.7 Å². The minimum absolute atomic E-state index is 0.0654. The third-order valence-electron chi connectivity index (χ3n) is 4.07. The van der Waals surface area contributed by atoms with Crippen molar-refractivity contribution < 1.29 is 13.9 Å². The predicted octanol–water partition coefficient (Wildman–Crippen LogP) is 2.44. The molecule has 1 fully saturated rings. The lowest BCUT2D eigenvalue weighted by Crippen LogP contribution is -2.44. The van der Waals surface area contributed by atoms with Gasteiger partial charge in [0.25, 0.3) is 0 Å². The van der Waals surface area contributed by atoms with Crippen LogP contribution < -0.4 is 10.1 Å². The summed E-state index contributed by atoms with van der Waals surface area (Å²) in [5, 5.41) is 2.95. The Morgan fingerprint density at radius 2 is 2.13 bits per heavy atom. The zero-order valence-corrected chi connectivity index (χ0v) is 13.1. The topological polar surface area (TPSA) is 54.7 Å². The summed E-state index contributed by atoms with van der Waals surface area (Å²) < 4.78 is 11.0. The lowest BCUT2D eigenvalue weighted by Gasteiger charge is -2.23. The van der Waals surface area contributed by atoms with Gasteiger partial charge in [0, 0.05) is 6.54 Å². The smallest absolute Gasteiger partial charge is 0.237 e. The molecule has 0 bridgehead atoms. The Hall–Kier alpha value is -2.27. The SMILES string of the molecule is O=C(NCc1ccco1)C1CCCN1CCOc1ccccc1. The largest absolute Gasteiger partial charge is 0.492 e. The van der Waals surface area contributed by atoms with Crippen LogP contribution in [0.2, 0.25) is 0 Å². The number of hydrogen-bond acceptors (Lipinski definition) is 4. The lowest BCUT2D eigenvalue weighted by atomic mass is 10.2. The maximum absolute atomic E-state index is 12.3. The van der Waals surface area contributed by atoms with Gasteiger partial charge in [-0.2, -0.15) is 0 Å². The molecule has 3 rings (SSSR count). The Morgan fingerprint density at radius 1 is 1.26 bits per heavy atom. The fraction of sp³-hybridized carbons (Fsp3) is 0.389. The molecule has 5 heteroatoms. The molecule has 1 aromatic carbocycles. The summed E-state index contributed by atoms with van der Waals surface area (Å²) in [7, 11) is 0. The quantitative estimate of drug-likeness (QED) is 0.853. The minimum Gasteiger partial charge on any atom is -0.492 e. The molecule has 1 atom stereocenters. The molecular formula is C18H22N2O3. The second-order valence-electron chi connectivity index (χ2n) is 5.65. The monoisotopic (exact) mass is 314 g/mol. The van der Waals surface area contributed by atoms with E-state index in [0.29, 0.717) is 13.2 Å². The maximum Gasteiger partial charge on any atom is 0.237 e. The van der Waals surface area contributed by atoms with Crippen LogP contribution in [0, 0.1) is 0 Å². The van der Waals surface area contributed by atoms with Gasteiger partial charge in [-0.1, -0.05) is 18.2 Å². The van der Waals surface area contributed by atoms with Crippen LogP contribution in [-0.2, 0) is 11.3 Å². The van der Waals surface area contributed by atoms with Gasteiger partial charge in [0.2, 0.25) is 5.91 Å². The summed E-state index contributed by atoms with van der Waals surface area (Å²) in [6, 6.07) is 13.4. The van der Waals surface area contributed by atoms with Gasteiger partial charge in [0.05, 0.1) is 18.8 Å². The van der Waals surface area contributed by atoms with Crippen LogP contribution >= 0.6 is 0 Å². The summed E-state index contributed by atoms with van der Waals surface area (Å²) in [5.41, 5.74) is 0. The third-order valence-corrected chi connectivity index (χ3v) is 4.07. The van der Waals surface area contributed by atoms with E-state index in [9.17, 15) is 4.79 Å². The van der Waals surface area contributed by atoms with Gasteiger partial charge >= 0.3 is 0 Å². The van der Waals surface area contributed by atoms with E-state index in [1.165, 1.54) is 0 Å². The fourth-order valence-electron chi connectivity index (χ4n) is 2.89. The Balaban J connectivity index is 1.44. The Labute approximate surface area is 136 Å². The fourth-order valence-corrected chi connectivity index (χ4v) is 2.89. The van der Waals surface area contributed by atoms with Crippen molar-refractivity contribution in [1.29, 1.82) is 0 Å². The third kappa shape index (κ3) is 4.36. The molecule has 23 heavy (non-hydrogen) atoms. The first kappa shape index (κ1) is 15.6. The number of rotatable bonds is 7. The van der Waals surface area contributed by atoms with Crippen molar-refractivity contribution in [3.05, 3.63) is 54.5 Å². The number of benzene rings is 1. The zero-order chi connectivity index (χ0) is 15.9. The molecule has 1 aliphatic rings. The van der Waals surface area contributed by atoms with Crippen LogP contribution in [0.25, 0.3) is 0 Å². The normalized spacial score (nSPS) is 18.0. The van der Waals surface area contributed by atoms with E-state index in [4.69, 9.17) is 9.15 Å². The van der Waals surface area contributed by atoms with E-state index < -0.39 is 0 Å². The standard InChI is InChI=1S/C18H22N2O3/c21-18(19-14-16-8-5-12-22-16)17-9-4-10-20(17)11-13-23-15-6-2-1-3-7-15/h1-3,5-8,12,17H,4,9-11,13-14H2,(H,19,21). The molecule has 5 nitrogen and oxygen atoms in total. The number of amides is 1. The predicted molar refractivity (Wildman–Crippen MR) is 87.1 cm³/mol. The van der Waals surface area contributed by atoms with Gasteiger partial charge < -0.3 is 14.5 Å². The van der Waals surface area contributed by atoms with E-state index in [1.54, 1.807) is 6.26 Å². The number of ether oxygens (including phenoxy) is 1. The zero-order valence-electron chi connectivity index (χ0n) is 13.1. The first-order valence-electron chi connectivity index (χ1n) is 8.05. The molecule has 1 saturated heterocycles. The molecule has 0 radical (unpaired) electrons. The van der Waals surface area contributed by atoms with Crippen LogP contribution in [-0.4, -0.2) is 36.5 Å². The number of para-hydroxylation sites is 1. The molecule has 1 aromatic heterocycles. The highest BCUT2D eigenvalue weighted by atomic mass is 16.5. The number of likely N-dealkylation sites (tertiary alicyclic amines) is 1. The van der Waals surface area contributed by atoms with Crippen LogP contribution in [0.5, 0.6) is 5.75 Å². The van der Waals surface area contributed by atoms with E-state index in [0.717, 1.165) is 37.4 Å². The van der Waals surface area contributed by atoms with E-state index in [-0.39, 0.29) is 11.9 Å². The molecule has 2 heterocycles. The minimum atomic E-state index is -0.0654. The van der Waals surface area contributed by atoms with Gasteiger partial charge in [-0.3, -0.25) is 9.69 Å². The Kier molecular flexibility index (Phi) is 5.32. The Morgan fingerprint density at radius 3 is 2.91 bits per heavy atom. The van der Waals surface area contributed by atoms with Crippen molar-refractivity contribution in [1.82, 2.24) is 10.2 Å². The summed E-state index contributed by atoms with van der Waals surface area (Å²) in [4.78, 5) is 14.5. The molecular weight excluding hydrogens is 292 g/mol. The molecule has 1 N–H and O–H groups in total. The molecule has 1 unspecified atom stereocenters. The van der Waals surface area contributed by atoms with Crippen molar-refractivity contribution in [2.24, 2.45) is 0 Å². The van der Waals surface area contributed by atoms with Crippen molar-refractivity contribution in [3.63, 3.8) is 0 Å². The average molecular weight is 314 g/mol. The molecule has 122 valence electrons. The van der Waals surface area contributed by atoms with E-state index in [1.807, 2.05) is 42.5 Å². The summed E-state index contributed by atoms with van der Waals surface area (Å²) in [6.07, 6.45) is 3.56. The van der Waals surface area contributed by atoms with Crippen molar-refractivity contribution in [3.8, 4) is 5.75 Å². The molecule has 0 saturated carbocycles. The number of furan rings is 1. The summed E-state index contributed by atoms with van der Waals surface area (Å²) in [6.45, 7) is 2.73. The molecule has 0 spiro atoms. The van der Waals surface area contributed by atoms with Crippen LogP contribution in [0.15, 0.2) is 53.1 Å². The summed E-state index contributed by atoms with van der Waals surface area (Å²) >= 11 is 0. The second kappa shape index (κ2) is 7.83. The molecule has 1 amide bonds. The molecule has 2 aromatic rings. The van der Waals surface area contributed by atoms with Crippen LogP contribution in [0.3, 0.4) is 0 Å². The van der Waals surface area contributed by atoms with Gasteiger partial charge in [0.15, 0.2) is 0 Å².